The zero-order chi connectivity index (χ0) is 14.4. The number of halogens is 1. The van der Waals surface area contributed by atoms with Gasteiger partial charge in [-0.3, -0.25) is 4.79 Å². The molecule has 0 spiro atoms. The predicted molar refractivity (Wildman–Crippen MR) is 77.1 cm³/mol. The third kappa shape index (κ3) is 3.68. The molecule has 0 aliphatic carbocycles. The summed E-state index contributed by atoms with van der Waals surface area (Å²) >= 11 is 0. The summed E-state index contributed by atoms with van der Waals surface area (Å²) in [7, 11) is 1.57. The Labute approximate surface area is 116 Å². The summed E-state index contributed by atoms with van der Waals surface area (Å²) in [4.78, 5) is 11.7. The summed E-state index contributed by atoms with van der Waals surface area (Å²) in [6, 6.07) is 13.2. The maximum absolute atomic E-state index is 13.4. The number of carbonyl (C=O) groups is 1. The summed E-state index contributed by atoms with van der Waals surface area (Å²) in [6.07, 6.45) is 2.73. The third-order valence-electron chi connectivity index (χ3n) is 2.68. The maximum Gasteiger partial charge on any atom is 0.248 e. The molecule has 2 rings (SSSR count). The Morgan fingerprint density at radius 1 is 1.15 bits per heavy atom. The van der Waals surface area contributed by atoms with E-state index in [0.717, 1.165) is 0 Å². The van der Waals surface area contributed by atoms with E-state index in [1.54, 1.807) is 49.6 Å². The average Bonchev–Trinajstić information content (AvgIpc) is 2.47. The quantitative estimate of drug-likeness (QED) is 0.864. The van der Waals surface area contributed by atoms with Gasteiger partial charge in [0, 0.05) is 17.3 Å². The van der Waals surface area contributed by atoms with Crippen molar-refractivity contribution in [2.45, 2.75) is 0 Å². The summed E-state index contributed by atoms with van der Waals surface area (Å²) in [6.45, 7) is 0. The normalized spacial score (nSPS) is 10.5. The molecule has 0 saturated heterocycles. The van der Waals surface area contributed by atoms with Crippen LogP contribution in [0.15, 0.2) is 54.6 Å². The van der Waals surface area contributed by atoms with Crippen molar-refractivity contribution in [2.24, 2.45) is 0 Å². The van der Waals surface area contributed by atoms with Crippen molar-refractivity contribution >= 4 is 17.7 Å². The van der Waals surface area contributed by atoms with Gasteiger partial charge in [-0.25, -0.2) is 4.39 Å². The smallest absolute Gasteiger partial charge is 0.248 e. The zero-order valence-corrected chi connectivity index (χ0v) is 11.0. The minimum Gasteiger partial charge on any atom is -0.497 e. The zero-order valence-electron chi connectivity index (χ0n) is 11.0. The predicted octanol–water partition coefficient (Wildman–Crippen LogP) is 3.49. The lowest BCUT2D eigenvalue weighted by atomic mass is 10.2. The molecular formula is C16H14FNO2. The summed E-state index contributed by atoms with van der Waals surface area (Å²) in [5.41, 5.74) is 1.02. The Morgan fingerprint density at radius 2 is 1.85 bits per heavy atom. The largest absolute Gasteiger partial charge is 0.497 e. The van der Waals surface area contributed by atoms with Gasteiger partial charge in [-0.15, -0.1) is 0 Å². The number of ether oxygens (including phenoxy) is 1. The van der Waals surface area contributed by atoms with E-state index < -0.39 is 0 Å². The van der Waals surface area contributed by atoms with E-state index in [1.807, 2.05) is 0 Å². The van der Waals surface area contributed by atoms with Crippen molar-refractivity contribution in [1.82, 2.24) is 0 Å². The third-order valence-corrected chi connectivity index (χ3v) is 2.68. The Balaban J connectivity index is 2.00. The summed E-state index contributed by atoms with van der Waals surface area (Å²) < 4.78 is 18.4. The molecule has 4 heteroatoms. The summed E-state index contributed by atoms with van der Waals surface area (Å²) in [5.74, 6) is 0.0318. The van der Waals surface area contributed by atoms with Crippen LogP contribution in [0.3, 0.4) is 0 Å². The van der Waals surface area contributed by atoms with Crippen molar-refractivity contribution in [3.8, 4) is 5.75 Å². The van der Waals surface area contributed by atoms with Crippen LogP contribution in [0.1, 0.15) is 5.56 Å². The van der Waals surface area contributed by atoms with Crippen LogP contribution < -0.4 is 10.1 Å². The number of amides is 1. The first-order chi connectivity index (χ1) is 9.69. The first kappa shape index (κ1) is 13.8. The molecule has 3 nitrogen and oxygen atoms in total. The van der Waals surface area contributed by atoms with Gasteiger partial charge >= 0.3 is 0 Å². The van der Waals surface area contributed by atoms with Crippen LogP contribution in [0.25, 0.3) is 6.08 Å². The molecule has 0 fully saturated rings. The highest BCUT2D eigenvalue weighted by molar-refractivity contribution is 6.01. The Morgan fingerprint density at radius 3 is 2.50 bits per heavy atom. The molecule has 2 aromatic carbocycles. The molecule has 0 bridgehead atoms. The van der Waals surface area contributed by atoms with Crippen molar-refractivity contribution in [3.05, 3.63) is 66.0 Å². The Kier molecular flexibility index (Phi) is 4.50. The van der Waals surface area contributed by atoms with Gasteiger partial charge < -0.3 is 10.1 Å². The number of hydrogen-bond acceptors (Lipinski definition) is 2. The molecule has 1 amide bonds. The standard InChI is InChI=1S/C16H14FNO2/c1-20-14-9-7-13(8-10-14)18-16(19)11-6-12-4-2-3-5-15(12)17/h2-11H,1H3,(H,18,19)/b11-6+. The molecule has 0 radical (unpaired) electrons. The molecule has 0 aliphatic heterocycles. The first-order valence-electron chi connectivity index (χ1n) is 6.06. The van der Waals surface area contributed by atoms with E-state index in [-0.39, 0.29) is 11.7 Å². The van der Waals surface area contributed by atoms with Crippen LogP contribution in [0.4, 0.5) is 10.1 Å². The second-order valence-corrected chi connectivity index (χ2v) is 4.07. The van der Waals surface area contributed by atoms with Crippen LogP contribution >= 0.6 is 0 Å². The van der Waals surface area contributed by atoms with Gasteiger partial charge in [0.1, 0.15) is 11.6 Å². The highest BCUT2D eigenvalue weighted by Crippen LogP contribution is 2.15. The number of methoxy groups -OCH3 is 1. The second kappa shape index (κ2) is 6.52. The number of hydrogen-bond donors (Lipinski definition) is 1. The fourth-order valence-corrected chi connectivity index (χ4v) is 1.63. The Bertz CT molecular complexity index is 621. The average molecular weight is 271 g/mol. The van der Waals surface area contributed by atoms with Crippen LogP contribution in [-0.2, 0) is 4.79 Å². The van der Waals surface area contributed by atoms with Gasteiger partial charge in [0.05, 0.1) is 7.11 Å². The van der Waals surface area contributed by atoms with Gasteiger partial charge in [0.25, 0.3) is 0 Å². The minimum atomic E-state index is -0.360. The fraction of sp³-hybridized carbons (Fsp3) is 0.0625. The number of benzene rings is 2. The molecule has 0 saturated carbocycles. The molecule has 0 atom stereocenters. The number of anilines is 1. The minimum absolute atomic E-state index is 0.321. The molecule has 0 aromatic heterocycles. The van der Waals surface area contributed by atoms with Crippen LogP contribution in [0.2, 0.25) is 0 Å². The van der Waals surface area contributed by atoms with E-state index in [0.29, 0.717) is 17.0 Å². The van der Waals surface area contributed by atoms with E-state index >= 15 is 0 Å². The van der Waals surface area contributed by atoms with Gasteiger partial charge in [-0.2, -0.15) is 0 Å². The molecule has 0 aliphatic rings. The van der Waals surface area contributed by atoms with E-state index in [2.05, 4.69) is 5.32 Å². The van der Waals surface area contributed by atoms with E-state index in [4.69, 9.17) is 4.74 Å². The van der Waals surface area contributed by atoms with Gasteiger partial charge in [-0.05, 0) is 36.4 Å². The monoisotopic (exact) mass is 271 g/mol. The lowest BCUT2D eigenvalue weighted by Gasteiger charge is -2.03. The number of nitrogens with one attached hydrogen (secondary N) is 1. The van der Waals surface area contributed by atoms with Gasteiger partial charge in [-0.1, -0.05) is 18.2 Å². The lowest BCUT2D eigenvalue weighted by Crippen LogP contribution is -2.07. The number of carbonyl (C=O) groups excluding carboxylic acids is 1. The molecular weight excluding hydrogens is 257 g/mol. The second-order valence-electron chi connectivity index (χ2n) is 4.07. The van der Waals surface area contributed by atoms with Crippen molar-refractivity contribution in [3.63, 3.8) is 0 Å². The fourth-order valence-electron chi connectivity index (χ4n) is 1.63. The van der Waals surface area contributed by atoms with Gasteiger partial charge in [0.15, 0.2) is 0 Å². The van der Waals surface area contributed by atoms with Crippen LogP contribution in [0.5, 0.6) is 5.75 Å². The van der Waals surface area contributed by atoms with Gasteiger partial charge in [0.2, 0.25) is 5.91 Å². The van der Waals surface area contributed by atoms with Crippen molar-refractivity contribution < 1.29 is 13.9 Å². The number of rotatable bonds is 4. The SMILES string of the molecule is COc1ccc(NC(=O)/C=C/c2ccccc2F)cc1. The van der Waals surface area contributed by atoms with Crippen molar-refractivity contribution in [2.75, 3.05) is 12.4 Å². The topological polar surface area (TPSA) is 38.3 Å². The summed E-state index contributed by atoms with van der Waals surface area (Å²) in [5, 5.41) is 2.68. The highest BCUT2D eigenvalue weighted by Gasteiger charge is 2.00. The maximum atomic E-state index is 13.4. The molecule has 0 unspecified atom stereocenters. The van der Waals surface area contributed by atoms with Crippen molar-refractivity contribution in [1.29, 1.82) is 0 Å². The molecule has 1 N–H and O–H groups in total. The highest BCUT2D eigenvalue weighted by atomic mass is 19.1. The van der Waals surface area contributed by atoms with Crippen LogP contribution in [0, 0.1) is 5.82 Å². The van der Waals surface area contributed by atoms with E-state index in [9.17, 15) is 9.18 Å². The molecule has 2 aromatic rings. The van der Waals surface area contributed by atoms with E-state index in [1.165, 1.54) is 18.2 Å². The Hall–Kier alpha value is -2.62. The first-order valence-corrected chi connectivity index (χ1v) is 6.06. The molecule has 20 heavy (non-hydrogen) atoms. The molecule has 0 heterocycles. The van der Waals surface area contributed by atoms with Crippen LogP contribution in [-0.4, -0.2) is 13.0 Å². The lowest BCUT2D eigenvalue weighted by molar-refractivity contribution is -0.111. The molecule has 102 valence electrons.